The Hall–Kier alpha value is -1.39. The molecular formula is C18H27N3O. The Balaban J connectivity index is 1.83. The fourth-order valence-corrected chi connectivity index (χ4v) is 3.31. The number of likely N-dealkylation sites (tertiary alicyclic amines) is 1. The highest BCUT2D eigenvalue weighted by Crippen LogP contribution is 2.34. The first-order chi connectivity index (χ1) is 10.5. The number of hydrogen-bond donors (Lipinski definition) is 2. The summed E-state index contributed by atoms with van der Waals surface area (Å²) < 4.78 is 0. The molecule has 4 heteroatoms. The van der Waals surface area contributed by atoms with Gasteiger partial charge in [-0.15, -0.1) is 0 Å². The molecular weight excluding hydrogens is 274 g/mol. The van der Waals surface area contributed by atoms with Crippen LogP contribution in [0.3, 0.4) is 0 Å². The van der Waals surface area contributed by atoms with E-state index in [-0.39, 0.29) is 23.4 Å². The second-order valence-corrected chi connectivity index (χ2v) is 7.45. The van der Waals surface area contributed by atoms with Crippen molar-refractivity contribution in [3.05, 3.63) is 35.9 Å². The van der Waals surface area contributed by atoms with Crippen LogP contribution in [-0.4, -0.2) is 36.0 Å². The summed E-state index contributed by atoms with van der Waals surface area (Å²) in [6.45, 7) is 6.13. The van der Waals surface area contributed by atoms with E-state index < -0.39 is 0 Å². The second-order valence-electron chi connectivity index (χ2n) is 7.45. The van der Waals surface area contributed by atoms with Gasteiger partial charge in [-0.3, -0.25) is 9.69 Å². The molecule has 22 heavy (non-hydrogen) atoms. The summed E-state index contributed by atoms with van der Waals surface area (Å²) in [6, 6.07) is 10.5. The lowest BCUT2D eigenvalue weighted by Gasteiger charge is -2.45. The van der Waals surface area contributed by atoms with Crippen LogP contribution < -0.4 is 11.1 Å². The van der Waals surface area contributed by atoms with E-state index in [0.29, 0.717) is 6.04 Å². The lowest BCUT2D eigenvalue weighted by Crippen LogP contribution is -2.55. The average molecular weight is 301 g/mol. The van der Waals surface area contributed by atoms with Crippen molar-refractivity contribution in [1.82, 2.24) is 10.2 Å². The van der Waals surface area contributed by atoms with Gasteiger partial charge in [0.2, 0.25) is 5.91 Å². The molecule has 3 N–H and O–H groups in total. The fourth-order valence-electron chi connectivity index (χ4n) is 3.31. The summed E-state index contributed by atoms with van der Waals surface area (Å²) in [4.78, 5) is 15.1. The predicted molar refractivity (Wildman–Crippen MR) is 88.3 cm³/mol. The second kappa shape index (κ2) is 6.01. The Morgan fingerprint density at radius 3 is 2.55 bits per heavy atom. The van der Waals surface area contributed by atoms with Crippen molar-refractivity contribution in [2.75, 3.05) is 13.1 Å². The first kappa shape index (κ1) is 15.5. The van der Waals surface area contributed by atoms with Crippen molar-refractivity contribution in [3.63, 3.8) is 0 Å². The third-order valence-electron chi connectivity index (χ3n) is 4.99. The number of carbonyl (C=O) groups is 1. The van der Waals surface area contributed by atoms with Crippen LogP contribution in [0.2, 0.25) is 0 Å². The number of carbonyl (C=O) groups excluding carboxylic acids is 1. The van der Waals surface area contributed by atoms with E-state index in [4.69, 9.17) is 5.73 Å². The van der Waals surface area contributed by atoms with Gasteiger partial charge in [-0.2, -0.15) is 0 Å². The molecule has 2 atom stereocenters. The number of amides is 1. The molecule has 0 aromatic heterocycles. The molecule has 0 radical (unpaired) electrons. The molecule has 1 saturated carbocycles. The minimum atomic E-state index is -0.200. The maximum atomic E-state index is 12.8. The van der Waals surface area contributed by atoms with Gasteiger partial charge in [-0.25, -0.2) is 0 Å². The van der Waals surface area contributed by atoms with E-state index in [9.17, 15) is 4.79 Å². The van der Waals surface area contributed by atoms with Gasteiger partial charge in [0.05, 0.1) is 0 Å². The lowest BCUT2D eigenvalue weighted by molar-refractivity contribution is -0.128. The Morgan fingerprint density at radius 1 is 1.27 bits per heavy atom. The fraction of sp³-hybridized carbons (Fsp3) is 0.611. The number of rotatable bonds is 4. The average Bonchev–Trinajstić information content (AvgIpc) is 3.28. The van der Waals surface area contributed by atoms with Gasteiger partial charge in [0.1, 0.15) is 6.04 Å². The maximum absolute atomic E-state index is 12.8. The molecule has 1 heterocycles. The SMILES string of the molecule is CC1(C)CN(C(C(=O)NC2CC2)c2ccccc2)CCC1N. The zero-order chi connectivity index (χ0) is 15.7. The van der Waals surface area contributed by atoms with Gasteiger partial charge >= 0.3 is 0 Å². The molecule has 4 nitrogen and oxygen atoms in total. The van der Waals surface area contributed by atoms with Gasteiger partial charge in [-0.05, 0) is 30.2 Å². The molecule has 1 saturated heterocycles. The zero-order valence-corrected chi connectivity index (χ0v) is 13.6. The van der Waals surface area contributed by atoms with Crippen LogP contribution in [0.1, 0.15) is 44.7 Å². The summed E-state index contributed by atoms with van der Waals surface area (Å²) in [5.74, 6) is 0.139. The molecule has 2 fully saturated rings. The van der Waals surface area contributed by atoms with Gasteiger partial charge in [0, 0.05) is 25.2 Å². The standard InChI is InChI=1S/C18H27N3O/c1-18(2)12-21(11-10-15(18)19)16(13-6-4-3-5-7-13)17(22)20-14-8-9-14/h3-7,14-16H,8-12,19H2,1-2H3,(H,20,22). The van der Waals surface area contributed by atoms with Crippen molar-refractivity contribution in [2.24, 2.45) is 11.1 Å². The van der Waals surface area contributed by atoms with Gasteiger partial charge in [0.15, 0.2) is 0 Å². The monoisotopic (exact) mass is 301 g/mol. The topological polar surface area (TPSA) is 58.4 Å². The molecule has 0 bridgehead atoms. The number of hydrogen-bond acceptors (Lipinski definition) is 3. The summed E-state index contributed by atoms with van der Waals surface area (Å²) in [5, 5.41) is 3.18. The minimum absolute atomic E-state index is 0.0329. The Kier molecular flexibility index (Phi) is 4.24. The van der Waals surface area contributed by atoms with E-state index in [2.05, 4.69) is 36.2 Å². The number of nitrogens with zero attached hydrogens (tertiary/aromatic N) is 1. The third-order valence-corrected chi connectivity index (χ3v) is 4.99. The van der Waals surface area contributed by atoms with Gasteiger partial charge in [0.25, 0.3) is 0 Å². The van der Waals surface area contributed by atoms with Crippen molar-refractivity contribution in [1.29, 1.82) is 0 Å². The lowest BCUT2D eigenvalue weighted by atomic mass is 9.79. The summed E-state index contributed by atoms with van der Waals surface area (Å²) in [6.07, 6.45) is 3.17. The molecule has 1 aliphatic carbocycles. The summed E-state index contributed by atoms with van der Waals surface area (Å²) in [5.41, 5.74) is 7.36. The Bertz CT molecular complexity index is 524. The van der Waals surface area contributed by atoms with E-state index in [1.807, 2.05) is 18.2 Å². The highest BCUT2D eigenvalue weighted by molar-refractivity contribution is 5.83. The van der Waals surface area contributed by atoms with Crippen molar-refractivity contribution in [3.8, 4) is 0 Å². The van der Waals surface area contributed by atoms with Crippen molar-refractivity contribution >= 4 is 5.91 Å². The molecule has 120 valence electrons. The molecule has 1 aliphatic heterocycles. The molecule has 2 unspecified atom stereocenters. The van der Waals surface area contributed by atoms with Crippen LogP contribution in [0.4, 0.5) is 0 Å². The molecule has 1 amide bonds. The van der Waals surface area contributed by atoms with Crippen LogP contribution in [0, 0.1) is 5.41 Å². The molecule has 1 aromatic carbocycles. The van der Waals surface area contributed by atoms with E-state index in [1.54, 1.807) is 0 Å². The maximum Gasteiger partial charge on any atom is 0.242 e. The first-order valence-corrected chi connectivity index (χ1v) is 8.32. The third kappa shape index (κ3) is 3.33. The molecule has 3 rings (SSSR count). The van der Waals surface area contributed by atoms with E-state index >= 15 is 0 Å². The van der Waals surface area contributed by atoms with E-state index in [0.717, 1.165) is 37.9 Å². The van der Waals surface area contributed by atoms with Crippen LogP contribution in [0.25, 0.3) is 0 Å². The molecule has 2 aliphatic rings. The summed E-state index contributed by atoms with van der Waals surface area (Å²) in [7, 11) is 0. The van der Waals surface area contributed by atoms with Crippen molar-refractivity contribution < 1.29 is 4.79 Å². The molecule has 0 spiro atoms. The van der Waals surface area contributed by atoms with Crippen LogP contribution in [0.5, 0.6) is 0 Å². The van der Waals surface area contributed by atoms with Gasteiger partial charge in [-0.1, -0.05) is 44.2 Å². The largest absolute Gasteiger partial charge is 0.352 e. The van der Waals surface area contributed by atoms with Crippen LogP contribution >= 0.6 is 0 Å². The van der Waals surface area contributed by atoms with Crippen LogP contribution in [-0.2, 0) is 4.79 Å². The molecule has 1 aromatic rings. The van der Waals surface area contributed by atoms with Crippen LogP contribution in [0.15, 0.2) is 30.3 Å². The minimum Gasteiger partial charge on any atom is -0.352 e. The normalized spacial score (nSPS) is 26.4. The smallest absolute Gasteiger partial charge is 0.242 e. The predicted octanol–water partition coefficient (Wildman–Crippen LogP) is 2.07. The Morgan fingerprint density at radius 2 is 1.95 bits per heavy atom. The zero-order valence-electron chi connectivity index (χ0n) is 13.6. The highest BCUT2D eigenvalue weighted by atomic mass is 16.2. The number of piperidine rings is 1. The number of nitrogens with two attached hydrogens (primary N) is 1. The quantitative estimate of drug-likeness (QED) is 0.895. The van der Waals surface area contributed by atoms with Gasteiger partial charge < -0.3 is 11.1 Å². The summed E-state index contributed by atoms with van der Waals surface area (Å²) >= 11 is 0. The van der Waals surface area contributed by atoms with E-state index in [1.165, 1.54) is 0 Å². The number of benzene rings is 1. The first-order valence-electron chi connectivity index (χ1n) is 8.32. The Labute approximate surface area is 133 Å². The number of nitrogens with one attached hydrogen (secondary N) is 1. The van der Waals surface area contributed by atoms with Crippen molar-refractivity contribution in [2.45, 2.75) is 51.2 Å². The highest BCUT2D eigenvalue weighted by Gasteiger charge is 2.39.